The van der Waals surface area contributed by atoms with Gasteiger partial charge in [0.25, 0.3) is 0 Å². The Bertz CT molecular complexity index is 587. The second kappa shape index (κ2) is 6.93. The maximum atomic E-state index is 6.08. The van der Waals surface area contributed by atoms with Crippen molar-refractivity contribution < 1.29 is 0 Å². The van der Waals surface area contributed by atoms with Gasteiger partial charge in [0.2, 0.25) is 0 Å². The lowest BCUT2D eigenvalue weighted by atomic mass is 9.99. The molecule has 1 unspecified atom stereocenters. The van der Waals surface area contributed by atoms with E-state index in [0.29, 0.717) is 15.9 Å². The van der Waals surface area contributed by atoms with Crippen LogP contribution in [0.5, 0.6) is 0 Å². The fraction of sp³-hybridized carbons (Fsp3) is 0.267. The van der Waals surface area contributed by atoms with Crippen LogP contribution in [0.1, 0.15) is 30.5 Å². The summed E-state index contributed by atoms with van der Waals surface area (Å²) in [5.41, 5.74) is 7.91. The van der Waals surface area contributed by atoms with Crippen LogP contribution in [0.3, 0.4) is 0 Å². The van der Waals surface area contributed by atoms with Gasteiger partial charge in [-0.2, -0.15) is 0 Å². The van der Waals surface area contributed by atoms with E-state index in [1.807, 2.05) is 30.3 Å². The fourth-order valence-electron chi connectivity index (χ4n) is 2.08. The number of nitrogens with zero attached hydrogens (tertiary/aromatic N) is 1. The van der Waals surface area contributed by atoms with Crippen molar-refractivity contribution in [2.45, 2.75) is 19.4 Å². The Balaban J connectivity index is 2.44. The van der Waals surface area contributed by atoms with Crippen molar-refractivity contribution in [3.05, 3.63) is 57.7 Å². The fourth-order valence-corrected chi connectivity index (χ4v) is 2.44. The molecule has 0 aliphatic rings. The second-order valence-electron chi connectivity index (χ2n) is 4.57. The predicted octanol–water partition coefficient (Wildman–Crippen LogP) is 4.06. The van der Waals surface area contributed by atoms with Gasteiger partial charge in [0.05, 0.1) is 11.1 Å². The highest BCUT2D eigenvalue weighted by Gasteiger charge is 2.17. The van der Waals surface area contributed by atoms with Gasteiger partial charge in [-0.25, -0.2) is 4.98 Å². The molecule has 1 heterocycles. The van der Waals surface area contributed by atoms with E-state index in [-0.39, 0.29) is 6.04 Å². The molecular formula is C15H17Cl2N3. The number of hydrogen-bond acceptors (Lipinski definition) is 3. The summed E-state index contributed by atoms with van der Waals surface area (Å²) in [5.74, 6) is 0.475. The van der Waals surface area contributed by atoms with Crippen LogP contribution < -0.4 is 11.1 Å². The normalized spacial score (nSPS) is 12.3. The molecule has 0 amide bonds. The van der Waals surface area contributed by atoms with E-state index in [2.05, 4.69) is 17.2 Å². The summed E-state index contributed by atoms with van der Waals surface area (Å²) in [7, 11) is 0. The van der Waals surface area contributed by atoms with Gasteiger partial charge in [-0.1, -0.05) is 42.3 Å². The van der Waals surface area contributed by atoms with Gasteiger partial charge in [-0.15, -0.1) is 0 Å². The minimum absolute atomic E-state index is 0.0696. The number of pyridine rings is 1. The molecule has 0 aliphatic carbocycles. The smallest absolute Gasteiger partial charge is 0.128 e. The van der Waals surface area contributed by atoms with Gasteiger partial charge < -0.3 is 11.1 Å². The zero-order valence-electron chi connectivity index (χ0n) is 11.2. The Hall–Kier alpha value is -1.29. The first-order valence-corrected chi connectivity index (χ1v) is 7.27. The average molecular weight is 310 g/mol. The lowest BCUT2D eigenvalue weighted by Gasteiger charge is -2.21. The minimum atomic E-state index is -0.0696. The van der Waals surface area contributed by atoms with Gasteiger partial charge in [-0.3, -0.25) is 0 Å². The maximum absolute atomic E-state index is 6.08. The summed E-state index contributed by atoms with van der Waals surface area (Å²) in [6, 6.07) is 9.49. The Labute approximate surface area is 129 Å². The summed E-state index contributed by atoms with van der Waals surface area (Å²) in [6.45, 7) is 2.98. The molecule has 3 nitrogen and oxygen atoms in total. The molecule has 1 aromatic heterocycles. The minimum Gasteiger partial charge on any atom is -0.383 e. The second-order valence-corrected chi connectivity index (χ2v) is 5.44. The van der Waals surface area contributed by atoms with Crippen LogP contribution in [0, 0.1) is 0 Å². The Morgan fingerprint density at radius 1 is 1.25 bits per heavy atom. The zero-order chi connectivity index (χ0) is 14.5. The Kier molecular flexibility index (Phi) is 5.24. The largest absolute Gasteiger partial charge is 0.383 e. The third kappa shape index (κ3) is 3.63. The van der Waals surface area contributed by atoms with Crippen LogP contribution in [0.2, 0.25) is 10.0 Å². The molecule has 0 radical (unpaired) electrons. The van der Waals surface area contributed by atoms with Crippen molar-refractivity contribution in [1.29, 1.82) is 0 Å². The lowest BCUT2D eigenvalue weighted by Crippen LogP contribution is -2.24. The van der Waals surface area contributed by atoms with Crippen LogP contribution in [0.4, 0.5) is 5.82 Å². The van der Waals surface area contributed by atoms with Gasteiger partial charge in [-0.05, 0) is 36.7 Å². The van der Waals surface area contributed by atoms with Crippen molar-refractivity contribution in [1.82, 2.24) is 10.3 Å². The molecule has 3 N–H and O–H groups in total. The number of rotatable bonds is 5. The molecule has 20 heavy (non-hydrogen) atoms. The third-order valence-electron chi connectivity index (χ3n) is 3.01. The van der Waals surface area contributed by atoms with E-state index < -0.39 is 0 Å². The number of halogens is 2. The van der Waals surface area contributed by atoms with Gasteiger partial charge in [0.1, 0.15) is 5.82 Å². The first kappa shape index (κ1) is 15.1. The summed E-state index contributed by atoms with van der Waals surface area (Å²) < 4.78 is 0. The molecule has 2 aromatic rings. The number of nitrogen functional groups attached to an aromatic ring is 1. The highest BCUT2D eigenvalue weighted by Crippen LogP contribution is 2.29. The molecule has 1 aromatic carbocycles. The van der Waals surface area contributed by atoms with Crippen LogP contribution in [0.15, 0.2) is 36.5 Å². The molecule has 0 aliphatic heterocycles. The number of aromatic nitrogens is 1. The van der Waals surface area contributed by atoms with Crippen LogP contribution in [0.25, 0.3) is 0 Å². The third-order valence-corrected chi connectivity index (χ3v) is 3.45. The molecule has 0 saturated heterocycles. The molecule has 0 fully saturated rings. The van der Waals surface area contributed by atoms with Crippen LogP contribution in [-0.2, 0) is 0 Å². The van der Waals surface area contributed by atoms with Crippen molar-refractivity contribution in [3.8, 4) is 0 Å². The SMILES string of the molecule is CCCNC(c1cccc(Cl)c1)c1cc(Cl)cnc1N. The van der Waals surface area contributed by atoms with Crippen LogP contribution >= 0.6 is 23.2 Å². The lowest BCUT2D eigenvalue weighted by molar-refractivity contribution is 0.598. The van der Waals surface area contributed by atoms with Crippen molar-refractivity contribution in [2.24, 2.45) is 0 Å². The first-order chi connectivity index (χ1) is 9.61. The highest BCUT2D eigenvalue weighted by atomic mass is 35.5. The van der Waals surface area contributed by atoms with E-state index in [0.717, 1.165) is 24.1 Å². The Morgan fingerprint density at radius 3 is 2.75 bits per heavy atom. The van der Waals surface area contributed by atoms with Crippen molar-refractivity contribution in [2.75, 3.05) is 12.3 Å². The zero-order valence-corrected chi connectivity index (χ0v) is 12.7. The van der Waals surface area contributed by atoms with E-state index in [4.69, 9.17) is 28.9 Å². The summed E-state index contributed by atoms with van der Waals surface area (Å²) in [6.07, 6.45) is 2.57. The maximum Gasteiger partial charge on any atom is 0.128 e. The topological polar surface area (TPSA) is 50.9 Å². The van der Waals surface area contributed by atoms with E-state index in [1.54, 1.807) is 6.20 Å². The molecule has 0 bridgehead atoms. The van der Waals surface area contributed by atoms with E-state index in [1.165, 1.54) is 0 Å². The summed E-state index contributed by atoms with van der Waals surface area (Å²) in [4.78, 5) is 4.13. The number of nitrogens with two attached hydrogens (primary N) is 1. The van der Waals surface area contributed by atoms with Gasteiger partial charge in [0, 0.05) is 16.8 Å². The summed E-state index contributed by atoms with van der Waals surface area (Å²) >= 11 is 12.1. The molecule has 0 saturated carbocycles. The molecule has 1 atom stereocenters. The number of benzene rings is 1. The first-order valence-electron chi connectivity index (χ1n) is 6.51. The van der Waals surface area contributed by atoms with Crippen molar-refractivity contribution >= 4 is 29.0 Å². The molecular weight excluding hydrogens is 293 g/mol. The molecule has 106 valence electrons. The molecule has 2 rings (SSSR count). The average Bonchev–Trinajstić information content (AvgIpc) is 2.43. The predicted molar refractivity (Wildman–Crippen MR) is 85.2 cm³/mol. The molecule has 5 heteroatoms. The van der Waals surface area contributed by atoms with E-state index >= 15 is 0 Å². The summed E-state index contributed by atoms with van der Waals surface area (Å²) in [5, 5.41) is 4.72. The Morgan fingerprint density at radius 2 is 2.05 bits per heavy atom. The van der Waals surface area contributed by atoms with Crippen molar-refractivity contribution in [3.63, 3.8) is 0 Å². The number of nitrogens with one attached hydrogen (secondary N) is 1. The number of anilines is 1. The quantitative estimate of drug-likeness (QED) is 0.875. The monoisotopic (exact) mass is 309 g/mol. The molecule has 0 spiro atoms. The van der Waals surface area contributed by atoms with Gasteiger partial charge >= 0.3 is 0 Å². The highest BCUT2D eigenvalue weighted by molar-refractivity contribution is 6.31. The van der Waals surface area contributed by atoms with Crippen LogP contribution in [-0.4, -0.2) is 11.5 Å². The van der Waals surface area contributed by atoms with Gasteiger partial charge in [0.15, 0.2) is 0 Å². The standard InChI is InChI=1S/C15H17Cl2N3/c1-2-6-19-14(10-4-3-5-11(16)7-10)13-8-12(17)9-20-15(13)18/h3-5,7-9,14,19H,2,6H2,1H3,(H2,18,20). The van der Waals surface area contributed by atoms with E-state index in [9.17, 15) is 0 Å². The number of hydrogen-bond donors (Lipinski definition) is 2.